The first-order valence-corrected chi connectivity index (χ1v) is 12.4. The molecule has 0 fully saturated rings. The van der Waals surface area contributed by atoms with Gasteiger partial charge in [-0.1, -0.05) is 50.6 Å². The summed E-state index contributed by atoms with van der Waals surface area (Å²) in [7, 11) is 0. The summed E-state index contributed by atoms with van der Waals surface area (Å²) in [5, 5.41) is 17.1. The molecule has 1 rings (SSSR count). The quantitative estimate of drug-likeness (QED) is 0.266. The first-order valence-electron chi connectivity index (χ1n) is 11.0. The summed E-state index contributed by atoms with van der Waals surface area (Å²) in [6, 6.07) is 5.57. The highest BCUT2D eigenvalue weighted by Crippen LogP contribution is 2.10. The number of amides is 3. The summed E-state index contributed by atoms with van der Waals surface area (Å²) in [5.41, 5.74) is 6.88. The Kier molecular flexibility index (Phi) is 12.5. The summed E-state index contributed by atoms with van der Waals surface area (Å²) >= 11 is 1.48. The smallest absolute Gasteiger partial charge is 0.326 e. The second kappa shape index (κ2) is 14.5. The molecule has 5 unspecified atom stereocenters. The zero-order chi connectivity index (χ0) is 25.0. The molecule has 0 aromatic heterocycles. The van der Waals surface area contributed by atoms with E-state index >= 15 is 0 Å². The van der Waals surface area contributed by atoms with Crippen LogP contribution < -0.4 is 21.7 Å². The third-order valence-corrected chi connectivity index (χ3v) is 6.05. The van der Waals surface area contributed by atoms with E-state index in [4.69, 9.17) is 5.73 Å². The fraction of sp³-hybridized carbons (Fsp3) is 0.565. The van der Waals surface area contributed by atoms with Gasteiger partial charge in [-0.25, -0.2) is 4.79 Å². The Morgan fingerprint density at radius 1 is 1.00 bits per heavy atom. The van der Waals surface area contributed by atoms with E-state index in [0.717, 1.165) is 5.56 Å². The van der Waals surface area contributed by atoms with Gasteiger partial charge in [0.2, 0.25) is 17.7 Å². The van der Waals surface area contributed by atoms with Crippen molar-refractivity contribution in [2.24, 2.45) is 11.7 Å². The number of carboxylic acid groups (broad SMARTS) is 1. The van der Waals surface area contributed by atoms with E-state index in [1.807, 2.05) is 43.5 Å². The Hall–Kier alpha value is -2.59. The Balaban J connectivity index is 2.75. The topological polar surface area (TPSA) is 151 Å². The molecule has 10 heteroatoms. The Morgan fingerprint density at radius 3 is 2.18 bits per heavy atom. The van der Waals surface area contributed by atoms with E-state index in [0.29, 0.717) is 18.6 Å². The molecule has 0 aliphatic carbocycles. The number of aliphatic carboxylic acids is 1. The molecule has 9 nitrogen and oxygen atoms in total. The highest BCUT2D eigenvalue weighted by Gasteiger charge is 2.31. The van der Waals surface area contributed by atoms with E-state index in [-0.39, 0.29) is 12.3 Å². The van der Waals surface area contributed by atoms with Crippen LogP contribution in [0.15, 0.2) is 30.3 Å². The van der Waals surface area contributed by atoms with Gasteiger partial charge in [0.25, 0.3) is 0 Å². The summed E-state index contributed by atoms with van der Waals surface area (Å²) in [6.07, 6.45) is 3.04. The predicted octanol–water partition coefficient (Wildman–Crippen LogP) is 0.915. The van der Waals surface area contributed by atoms with Crippen LogP contribution in [0.1, 0.15) is 39.2 Å². The molecule has 184 valence electrons. The van der Waals surface area contributed by atoms with E-state index in [2.05, 4.69) is 16.0 Å². The molecule has 0 spiro atoms. The lowest BCUT2D eigenvalue weighted by atomic mass is 9.97. The average molecular weight is 481 g/mol. The molecule has 33 heavy (non-hydrogen) atoms. The van der Waals surface area contributed by atoms with Crippen LogP contribution in [0.3, 0.4) is 0 Å². The van der Waals surface area contributed by atoms with Crippen LogP contribution in [-0.2, 0) is 25.6 Å². The van der Waals surface area contributed by atoms with Gasteiger partial charge < -0.3 is 26.8 Å². The number of nitrogens with one attached hydrogen (secondary N) is 3. The lowest BCUT2D eigenvalue weighted by Gasteiger charge is -2.27. The molecular formula is C23H36N4O5S. The van der Waals surface area contributed by atoms with Crippen molar-refractivity contribution in [1.82, 2.24) is 16.0 Å². The molecule has 0 saturated heterocycles. The number of benzene rings is 1. The predicted molar refractivity (Wildman–Crippen MR) is 130 cm³/mol. The van der Waals surface area contributed by atoms with Crippen molar-refractivity contribution in [3.05, 3.63) is 35.9 Å². The number of carbonyl (C=O) groups is 4. The molecule has 0 bridgehead atoms. The van der Waals surface area contributed by atoms with Gasteiger partial charge in [-0.15, -0.1) is 0 Å². The number of hydrogen-bond acceptors (Lipinski definition) is 6. The van der Waals surface area contributed by atoms with Crippen LogP contribution in [0.5, 0.6) is 0 Å². The molecule has 1 aromatic rings. The summed E-state index contributed by atoms with van der Waals surface area (Å²) < 4.78 is 0. The van der Waals surface area contributed by atoms with Crippen LogP contribution in [0.25, 0.3) is 0 Å². The van der Waals surface area contributed by atoms with Gasteiger partial charge in [-0.3, -0.25) is 14.4 Å². The molecular weight excluding hydrogens is 444 g/mol. The van der Waals surface area contributed by atoms with Gasteiger partial charge in [-0.2, -0.15) is 11.8 Å². The fourth-order valence-corrected chi connectivity index (χ4v) is 3.55. The minimum absolute atomic E-state index is 0.243. The van der Waals surface area contributed by atoms with Gasteiger partial charge in [-0.05, 0) is 43.3 Å². The first-order chi connectivity index (χ1) is 15.6. The van der Waals surface area contributed by atoms with Gasteiger partial charge in [0, 0.05) is 0 Å². The third kappa shape index (κ3) is 9.83. The van der Waals surface area contributed by atoms with Gasteiger partial charge in [0.05, 0.1) is 6.04 Å². The number of nitrogens with two attached hydrogens (primary N) is 1. The standard InChI is InChI=1S/C23H36N4O5S/c1-5-14(2)19(22(30)26-18(23(31)32)11-12-33-4)27-20(28)15(3)25-21(29)17(24)13-16-9-7-6-8-10-16/h6-10,14-15,17-19H,5,11-13,24H2,1-4H3,(H,25,29)(H,26,30)(H,27,28)(H,31,32). The maximum Gasteiger partial charge on any atom is 0.326 e. The zero-order valence-corrected chi connectivity index (χ0v) is 20.5. The molecule has 3 amide bonds. The van der Waals surface area contributed by atoms with Gasteiger partial charge in [0.1, 0.15) is 18.1 Å². The maximum absolute atomic E-state index is 12.8. The lowest BCUT2D eigenvalue weighted by Crippen LogP contribution is -2.58. The number of carboxylic acids is 1. The molecule has 0 aliphatic rings. The molecule has 0 heterocycles. The van der Waals surface area contributed by atoms with Gasteiger partial charge >= 0.3 is 5.97 Å². The SMILES string of the molecule is CCC(C)C(NC(=O)C(C)NC(=O)C(N)Cc1ccccc1)C(=O)NC(CCSC)C(=O)O. The van der Waals surface area contributed by atoms with Crippen molar-refractivity contribution in [2.75, 3.05) is 12.0 Å². The molecule has 1 aromatic carbocycles. The second-order valence-electron chi connectivity index (χ2n) is 8.08. The van der Waals surface area contributed by atoms with Crippen LogP contribution in [0, 0.1) is 5.92 Å². The highest BCUT2D eigenvalue weighted by atomic mass is 32.2. The van der Waals surface area contributed by atoms with Crippen LogP contribution in [-0.4, -0.2) is 65.0 Å². The third-order valence-electron chi connectivity index (χ3n) is 5.41. The van der Waals surface area contributed by atoms with Crippen LogP contribution >= 0.6 is 11.8 Å². The monoisotopic (exact) mass is 480 g/mol. The van der Waals surface area contributed by atoms with Crippen molar-refractivity contribution in [1.29, 1.82) is 0 Å². The summed E-state index contributed by atoms with van der Waals surface area (Å²) in [4.78, 5) is 49.4. The molecule has 0 saturated carbocycles. The molecule has 6 N–H and O–H groups in total. The largest absolute Gasteiger partial charge is 0.480 e. The number of thioether (sulfide) groups is 1. The second-order valence-corrected chi connectivity index (χ2v) is 9.06. The zero-order valence-electron chi connectivity index (χ0n) is 19.7. The van der Waals surface area contributed by atoms with Crippen molar-refractivity contribution in [3.8, 4) is 0 Å². The average Bonchev–Trinajstić information content (AvgIpc) is 2.79. The first kappa shape index (κ1) is 28.4. The molecule has 0 aliphatic heterocycles. The van der Waals surface area contributed by atoms with Crippen molar-refractivity contribution in [3.63, 3.8) is 0 Å². The van der Waals surface area contributed by atoms with E-state index in [1.165, 1.54) is 18.7 Å². The lowest BCUT2D eigenvalue weighted by molar-refractivity contribution is -0.142. The maximum atomic E-state index is 12.8. The number of rotatable bonds is 14. The van der Waals surface area contributed by atoms with E-state index in [9.17, 15) is 24.3 Å². The minimum Gasteiger partial charge on any atom is -0.480 e. The minimum atomic E-state index is -1.13. The van der Waals surface area contributed by atoms with Crippen molar-refractivity contribution < 1.29 is 24.3 Å². The Morgan fingerprint density at radius 2 is 1.64 bits per heavy atom. The van der Waals surface area contributed by atoms with Gasteiger partial charge in [0.15, 0.2) is 0 Å². The highest BCUT2D eigenvalue weighted by molar-refractivity contribution is 7.98. The molecule has 0 radical (unpaired) electrons. The fourth-order valence-electron chi connectivity index (χ4n) is 3.08. The van der Waals surface area contributed by atoms with Crippen LogP contribution in [0.2, 0.25) is 0 Å². The Labute approximate surface area is 199 Å². The van der Waals surface area contributed by atoms with Crippen LogP contribution in [0.4, 0.5) is 0 Å². The molecule has 5 atom stereocenters. The summed E-state index contributed by atoms with van der Waals surface area (Å²) in [5.74, 6) is -2.39. The Bertz CT molecular complexity index is 792. The van der Waals surface area contributed by atoms with Crippen molar-refractivity contribution >= 4 is 35.5 Å². The van der Waals surface area contributed by atoms with E-state index < -0.39 is 47.9 Å². The van der Waals surface area contributed by atoms with E-state index in [1.54, 1.807) is 6.92 Å². The van der Waals surface area contributed by atoms with Crippen molar-refractivity contribution in [2.45, 2.75) is 64.2 Å². The number of hydrogen-bond donors (Lipinski definition) is 5. The number of carbonyl (C=O) groups excluding carboxylic acids is 3. The normalized spacial score (nSPS) is 15.4. The summed E-state index contributed by atoms with van der Waals surface area (Å²) in [6.45, 7) is 5.17.